The third-order valence-electron chi connectivity index (χ3n) is 2.50. The molecule has 0 N–H and O–H groups in total. The van der Waals surface area contributed by atoms with E-state index in [2.05, 4.69) is 4.98 Å². The number of carbonyl (C=O) groups excluding carboxylic acids is 1. The number of halogens is 2. The van der Waals surface area contributed by atoms with Gasteiger partial charge in [0.05, 0.1) is 23.5 Å². The van der Waals surface area contributed by atoms with Gasteiger partial charge in [-0.15, -0.1) is 11.6 Å². The summed E-state index contributed by atoms with van der Waals surface area (Å²) in [5.74, 6) is 0.538. The lowest BCUT2D eigenvalue weighted by Crippen LogP contribution is -2.15. The van der Waals surface area contributed by atoms with Crippen LogP contribution in [-0.2, 0) is 22.0 Å². The molecule has 0 atom stereocenters. The van der Waals surface area contributed by atoms with Gasteiger partial charge in [0, 0.05) is 5.02 Å². The normalized spacial score (nSPS) is 10.8. The van der Waals surface area contributed by atoms with Crippen LogP contribution >= 0.6 is 23.2 Å². The third kappa shape index (κ3) is 2.60. The van der Waals surface area contributed by atoms with E-state index in [0.29, 0.717) is 17.5 Å². The predicted molar refractivity (Wildman–Crippen MR) is 70.9 cm³/mol. The fraction of sp³-hybridized carbons (Fsp3) is 0.333. The van der Waals surface area contributed by atoms with Gasteiger partial charge >= 0.3 is 5.97 Å². The summed E-state index contributed by atoms with van der Waals surface area (Å²) in [5, 5.41) is 0.591. The van der Waals surface area contributed by atoms with E-state index in [4.69, 9.17) is 27.9 Å². The first-order valence-corrected chi connectivity index (χ1v) is 6.43. The van der Waals surface area contributed by atoms with E-state index in [-0.39, 0.29) is 18.4 Å². The highest BCUT2D eigenvalue weighted by Crippen LogP contribution is 2.21. The third-order valence-corrected chi connectivity index (χ3v) is 2.98. The summed E-state index contributed by atoms with van der Waals surface area (Å²) in [5.41, 5.74) is 1.55. The number of nitrogens with zero attached hydrogens (tertiary/aromatic N) is 2. The van der Waals surface area contributed by atoms with Gasteiger partial charge in [-0.05, 0) is 25.1 Å². The van der Waals surface area contributed by atoms with Crippen LogP contribution in [0.25, 0.3) is 11.0 Å². The number of alkyl halides is 1. The molecule has 96 valence electrons. The first-order valence-electron chi connectivity index (χ1n) is 5.52. The SMILES string of the molecule is CCOC(=O)Cn1c(CCl)nc2ccc(Cl)cc21. The zero-order chi connectivity index (χ0) is 13.1. The van der Waals surface area contributed by atoms with Gasteiger partial charge in [0.25, 0.3) is 0 Å². The van der Waals surface area contributed by atoms with Crippen LogP contribution in [0.4, 0.5) is 0 Å². The number of hydrogen-bond acceptors (Lipinski definition) is 3. The number of imidazole rings is 1. The van der Waals surface area contributed by atoms with Gasteiger partial charge in [0.1, 0.15) is 12.4 Å². The van der Waals surface area contributed by atoms with Crippen LogP contribution < -0.4 is 0 Å². The van der Waals surface area contributed by atoms with E-state index >= 15 is 0 Å². The standard InChI is InChI=1S/C12H12Cl2N2O2/c1-2-18-12(17)7-16-10-5-8(14)3-4-9(10)15-11(16)6-13/h3-5H,2,6-7H2,1H3. The van der Waals surface area contributed by atoms with Crippen molar-refractivity contribution >= 4 is 40.2 Å². The zero-order valence-electron chi connectivity index (χ0n) is 9.82. The molecule has 0 saturated heterocycles. The van der Waals surface area contributed by atoms with Crippen molar-refractivity contribution in [2.24, 2.45) is 0 Å². The lowest BCUT2D eigenvalue weighted by molar-refractivity contribution is -0.143. The van der Waals surface area contributed by atoms with Crippen LogP contribution in [0.2, 0.25) is 5.02 Å². The molecular weight excluding hydrogens is 275 g/mol. The molecule has 1 heterocycles. The van der Waals surface area contributed by atoms with Gasteiger partial charge in [-0.3, -0.25) is 4.79 Å². The Morgan fingerprint density at radius 1 is 1.50 bits per heavy atom. The van der Waals surface area contributed by atoms with Gasteiger partial charge in [-0.1, -0.05) is 11.6 Å². The molecule has 0 aliphatic rings. The summed E-state index contributed by atoms with van der Waals surface area (Å²) in [6, 6.07) is 5.32. The predicted octanol–water partition coefficient (Wildman–Crippen LogP) is 2.99. The number of rotatable bonds is 4. The summed E-state index contributed by atoms with van der Waals surface area (Å²) in [4.78, 5) is 15.9. The van der Waals surface area contributed by atoms with Crippen LogP contribution in [-0.4, -0.2) is 22.1 Å². The van der Waals surface area contributed by atoms with E-state index in [0.717, 1.165) is 11.0 Å². The monoisotopic (exact) mass is 286 g/mol. The molecule has 0 bridgehead atoms. The largest absolute Gasteiger partial charge is 0.465 e. The summed E-state index contributed by atoms with van der Waals surface area (Å²) < 4.78 is 6.66. The van der Waals surface area contributed by atoms with Crippen LogP contribution in [0.3, 0.4) is 0 Å². The van der Waals surface area contributed by atoms with Crippen molar-refractivity contribution in [3.05, 3.63) is 29.0 Å². The molecule has 2 rings (SSSR count). The van der Waals surface area contributed by atoms with Crippen LogP contribution in [0.15, 0.2) is 18.2 Å². The maximum atomic E-state index is 11.6. The Hall–Kier alpha value is -1.26. The number of aromatic nitrogens is 2. The van der Waals surface area contributed by atoms with E-state index < -0.39 is 0 Å². The maximum absolute atomic E-state index is 11.6. The molecule has 0 fully saturated rings. The first kappa shape index (κ1) is 13.2. The highest BCUT2D eigenvalue weighted by atomic mass is 35.5. The lowest BCUT2D eigenvalue weighted by Gasteiger charge is -2.07. The number of fused-ring (bicyclic) bond motifs is 1. The Bertz CT molecular complexity index is 581. The Morgan fingerprint density at radius 3 is 2.94 bits per heavy atom. The van der Waals surface area contributed by atoms with Gasteiger partial charge in [-0.2, -0.15) is 0 Å². The topological polar surface area (TPSA) is 44.1 Å². The second-order valence-corrected chi connectivity index (χ2v) is 4.39. The van der Waals surface area contributed by atoms with E-state index in [1.165, 1.54) is 0 Å². The Balaban J connectivity index is 2.45. The fourth-order valence-electron chi connectivity index (χ4n) is 1.76. The second kappa shape index (κ2) is 5.59. The van der Waals surface area contributed by atoms with Crippen molar-refractivity contribution < 1.29 is 9.53 Å². The highest BCUT2D eigenvalue weighted by molar-refractivity contribution is 6.31. The highest BCUT2D eigenvalue weighted by Gasteiger charge is 2.13. The smallest absolute Gasteiger partial charge is 0.326 e. The fourth-order valence-corrected chi connectivity index (χ4v) is 2.13. The number of carbonyl (C=O) groups is 1. The van der Waals surface area contributed by atoms with E-state index in [1.54, 1.807) is 29.7 Å². The van der Waals surface area contributed by atoms with Crippen LogP contribution in [0, 0.1) is 0 Å². The molecule has 0 radical (unpaired) electrons. The van der Waals surface area contributed by atoms with Crippen molar-refractivity contribution in [2.45, 2.75) is 19.3 Å². The summed E-state index contributed by atoms with van der Waals surface area (Å²) in [6.45, 7) is 2.21. The molecule has 4 nitrogen and oxygen atoms in total. The van der Waals surface area contributed by atoms with Crippen molar-refractivity contribution in [3.8, 4) is 0 Å². The molecule has 1 aromatic carbocycles. The Kier molecular flexibility index (Phi) is 4.09. The molecule has 0 aliphatic carbocycles. The molecule has 1 aromatic heterocycles. The molecule has 0 spiro atoms. The van der Waals surface area contributed by atoms with Crippen molar-refractivity contribution in [3.63, 3.8) is 0 Å². The average molecular weight is 287 g/mol. The van der Waals surface area contributed by atoms with Gasteiger partial charge in [0.15, 0.2) is 0 Å². The van der Waals surface area contributed by atoms with Crippen molar-refractivity contribution in [1.29, 1.82) is 0 Å². The molecule has 6 heteroatoms. The van der Waals surface area contributed by atoms with Crippen LogP contribution in [0.1, 0.15) is 12.7 Å². The summed E-state index contributed by atoms with van der Waals surface area (Å²) in [7, 11) is 0. The molecule has 0 saturated carbocycles. The number of ether oxygens (including phenoxy) is 1. The second-order valence-electron chi connectivity index (χ2n) is 3.69. The minimum absolute atomic E-state index is 0.0900. The quantitative estimate of drug-likeness (QED) is 0.641. The number of hydrogen-bond donors (Lipinski definition) is 0. The van der Waals surface area contributed by atoms with Crippen molar-refractivity contribution in [1.82, 2.24) is 9.55 Å². The van der Waals surface area contributed by atoms with Gasteiger partial charge in [-0.25, -0.2) is 4.98 Å². The molecule has 18 heavy (non-hydrogen) atoms. The molecular formula is C12H12Cl2N2O2. The minimum atomic E-state index is -0.317. The number of benzene rings is 1. The zero-order valence-corrected chi connectivity index (χ0v) is 11.3. The summed E-state index contributed by atoms with van der Waals surface area (Å²) >= 11 is 11.8. The van der Waals surface area contributed by atoms with Gasteiger partial charge in [0.2, 0.25) is 0 Å². The van der Waals surface area contributed by atoms with Gasteiger partial charge < -0.3 is 9.30 Å². The van der Waals surface area contributed by atoms with E-state index in [1.807, 2.05) is 0 Å². The molecule has 2 aromatic rings. The summed E-state index contributed by atoms with van der Waals surface area (Å²) in [6.07, 6.45) is 0. The first-order chi connectivity index (χ1) is 8.65. The maximum Gasteiger partial charge on any atom is 0.326 e. The molecule has 0 unspecified atom stereocenters. The lowest BCUT2D eigenvalue weighted by atomic mass is 10.3. The van der Waals surface area contributed by atoms with Crippen molar-refractivity contribution in [2.75, 3.05) is 6.61 Å². The minimum Gasteiger partial charge on any atom is -0.465 e. The molecule has 0 amide bonds. The molecule has 0 aliphatic heterocycles. The Labute approximate surface area is 114 Å². The average Bonchev–Trinajstić information content (AvgIpc) is 2.67. The number of esters is 1. The van der Waals surface area contributed by atoms with E-state index in [9.17, 15) is 4.79 Å². The Morgan fingerprint density at radius 2 is 2.28 bits per heavy atom. The van der Waals surface area contributed by atoms with Crippen LogP contribution in [0.5, 0.6) is 0 Å².